The van der Waals surface area contributed by atoms with Crippen molar-refractivity contribution in [3.63, 3.8) is 0 Å². The fourth-order valence-corrected chi connectivity index (χ4v) is 4.49. The molecule has 4 rings (SSSR count). The molecule has 94 valence electrons. The first-order chi connectivity index (χ1) is 8.83. The van der Waals surface area contributed by atoms with E-state index in [4.69, 9.17) is 0 Å². The summed E-state index contributed by atoms with van der Waals surface area (Å²) in [5.74, 6) is 1.32. The largest absolute Gasteiger partial charge is 0.352 e. The van der Waals surface area contributed by atoms with E-state index in [2.05, 4.69) is 54.6 Å². The van der Waals surface area contributed by atoms with Crippen LogP contribution in [0.15, 0.2) is 30.6 Å². The summed E-state index contributed by atoms with van der Waals surface area (Å²) >= 11 is 3.81. The maximum Gasteiger partial charge on any atom is 0.138 e. The fraction of sp³-hybridized carbons (Fsp3) is 0.500. The lowest BCUT2D eigenvalue weighted by molar-refractivity contribution is 0.478. The van der Waals surface area contributed by atoms with Crippen molar-refractivity contribution in [1.82, 2.24) is 9.38 Å². The van der Waals surface area contributed by atoms with Crippen LogP contribution in [0.2, 0.25) is 0 Å². The van der Waals surface area contributed by atoms with Crippen LogP contribution in [0, 0.1) is 0 Å². The lowest BCUT2D eigenvalue weighted by atomic mass is 10.0. The Morgan fingerprint density at radius 1 is 1.17 bits per heavy atom. The molecule has 3 nitrogen and oxygen atoms in total. The Bertz CT molecular complexity index is 565. The molecule has 0 spiro atoms. The van der Waals surface area contributed by atoms with E-state index in [9.17, 15) is 0 Å². The number of hydrogen-bond acceptors (Lipinski definition) is 2. The SMILES string of the molecule is BrC1CC2CCC(C1)N2c1cccc2nccn12. The van der Waals surface area contributed by atoms with E-state index in [1.54, 1.807) is 0 Å². The standard InChI is InChI=1S/C14H16BrN3/c15-10-8-11-4-5-12(9-10)18(11)14-3-1-2-13-16-6-7-17(13)14/h1-3,6-7,10-12H,4-5,8-9H2. The number of halogens is 1. The van der Waals surface area contributed by atoms with Crippen LogP contribution in [-0.2, 0) is 0 Å². The van der Waals surface area contributed by atoms with Gasteiger partial charge >= 0.3 is 0 Å². The summed E-state index contributed by atoms with van der Waals surface area (Å²) in [6, 6.07) is 7.82. The highest BCUT2D eigenvalue weighted by atomic mass is 79.9. The zero-order valence-corrected chi connectivity index (χ0v) is 11.8. The third-order valence-corrected chi connectivity index (χ3v) is 5.09. The number of fused-ring (bicyclic) bond motifs is 3. The van der Waals surface area contributed by atoms with Crippen LogP contribution in [-0.4, -0.2) is 26.3 Å². The Morgan fingerprint density at radius 2 is 1.94 bits per heavy atom. The fourth-order valence-electron chi connectivity index (χ4n) is 3.63. The number of piperidine rings is 1. The second-order valence-electron chi connectivity index (χ2n) is 5.40. The molecule has 2 aromatic heterocycles. The van der Waals surface area contributed by atoms with Gasteiger partial charge < -0.3 is 4.90 Å². The minimum atomic E-state index is 0.695. The van der Waals surface area contributed by atoms with Crippen molar-refractivity contribution in [3.8, 4) is 0 Å². The number of hydrogen-bond donors (Lipinski definition) is 0. The number of aromatic nitrogens is 2. The van der Waals surface area contributed by atoms with Crippen LogP contribution in [0.1, 0.15) is 25.7 Å². The molecule has 2 saturated heterocycles. The highest BCUT2D eigenvalue weighted by molar-refractivity contribution is 9.09. The van der Waals surface area contributed by atoms with E-state index < -0.39 is 0 Å². The predicted molar refractivity (Wildman–Crippen MR) is 76.4 cm³/mol. The molecule has 2 unspecified atom stereocenters. The molecule has 0 saturated carbocycles. The van der Waals surface area contributed by atoms with Crippen molar-refractivity contribution in [1.29, 1.82) is 0 Å². The lowest BCUT2D eigenvalue weighted by Crippen LogP contribution is -2.44. The zero-order valence-electron chi connectivity index (χ0n) is 10.2. The highest BCUT2D eigenvalue weighted by Gasteiger charge is 2.40. The average Bonchev–Trinajstić information content (AvgIpc) is 2.92. The van der Waals surface area contributed by atoms with Crippen molar-refractivity contribution in [2.45, 2.75) is 42.6 Å². The smallest absolute Gasteiger partial charge is 0.138 e. The van der Waals surface area contributed by atoms with Crippen molar-refractivity contribution in [3.05, 3.63) is 30.6 Å². The van der Waals surface area contributed by atoms with Gasteiger partial charge in [-0.1, -0.05) is 22.0 Å². The van der Waals surface area contributed by atoms with Gasteiger partial charge in [0.2, 0.25) is 0 Å². The van der Waals surface area contributed by atoms with Crippen LogP contribution in [0.3, 0.4) is 0 Å². The van der Waals surface area contributed by atoms with Crippen molar-refractivity contribution >= 4 is 27.4 Å². The Balaban J connectivity index is 1.81. The summed E-state index contributed by atoms with van der Waals surface area (Å²) < 4.78 is 2.22. The molecular weight excluding hydrogens is 290 g/mol. The summed E-state index contributed by atoms with van der Waals surface area (Å²) in [6.07, 6.45) is 9.15. The van der Waals surface area contributed by atoms with Crippen LogP contribution in [0.25, 0.3) is 5.65 Å². The Labute approximate surface area is 115 Å². The van der Waals surface area contributed by atoms with Gasteiger partial charge in [0, 0.05) is 29.3 Å². The minimum absolute atomic E-state index is 0.695. The number of pyridine rings is 1. The maximum atomic E-state index is 4.39. The van der Waals surface area contributed by atoms with Crippen molar-refractivity contribution in [2.24, 2.45) is 0 Å². The molecule has 4 heterocycles. The van der Waals surface area contributed by atoms with Crippen LogP contribution in [0.5, 0.6) is 0 Å². The summed E-state index contributed by atoms with van der Waals surface area (Å²) in [5, 5.41) is 0. The van der Waals surface area contributed by atoms with E-state index in [-0.39, 0.29) is 0 Å². The van der Waals surface area contributed by atoms with E-state index >= 15 is 0 Å². The maximum absolute atomic E-state index is 4.39. The van der Waals surface area contributed by atoms with E-state index in [0.717, 1.165) is 5.65 Å². The average molecular weight is 306 g/mol. The molecule has 0 aromatic carbocycles. The van der Waals surface area contributed by atoms with Crippen LogP contribution >= 0.6 is 15.9 Å². The van der Waals surface area contributed by atoms with Crippen molar-refractivity contribution in [2.75, 3.05) is 4.90 Å². The summed E-state index contributed by atoms with van der Waals surface area (Å²) in [4.78, 5) is 7.72. The minimum Gasteiger partial charge on any atom is -0.352 e. The molecule has 2 atom stereocenters. The van der Waals surface area contributed by atoms with Gasteiger partial charge in [0.15, 0.2) is 0 Å². The van der Waals surface area contributed by atoms with Gasteiger partial charge in [-0.15, -0.1) is 0 Å². The Morgan fingerprint density at radius 3 is 2.72 bits per heavy atom. The van der Waals surface area contributed by atoms with Gasteiger partial charge in [0.05, 0.1) is 0 Å². The quantitative estimate of drug-likeness (QED) is 0.754. The number of anilines is 1. The second-order valence-corrected chi connectivity index (χ2v) is 6.70. The Hall–Kier alpha value is -1.03. The van der Waals surface area contributed by atoms with Crippen LogP contribution < -0.4 is 4.90 Å². The third kappa shape index (κ3) is 1.51. The predicted octanol–water partition coefficient (Wildman–Crippen LogP) is 3.23. The molecule has 2 fully saturated rings. The third-order valence-electron chi connectivity index (χ3n) is 4.35. The normalized spacial score (nSPS) is 31.2. The second kappa shape index (κ2) is 3.98. The molecule has 0 N–H and O–H groups in total. The first kappa shape index (κ1) is 10.9. The van der Waals surface area contributed by atoms with Crippen LogP contribution in [0.4, 0.5) is 5.82 Å². The number of alkyl halides is 1. The zero-order chi connectivity index (χ0) is 12.1. The molecular formula is C14H16BrN3. The number of nitrogens with zero attached hydrogens (tertiary/aromatic N) is 3. The molecule has 2 bridgehead atoms. The molecule has 4 heteroatoms. The first-order valence-electron chi connectivity index (χ1n) is 6.67. The van der Waals surface area contributed by atoms with Gasteiger partial charge in [-0.05, 0) is 37.8 Å². The molecule has 2 aromatic rings. The molecule has 0 aliphatic carbocycles. The lowest BCUT2D eigenvalue weighted by Gasteiger charge is -2.39. The number of rotatable bonds is 1. The number of imidazole rings is 1. The summed E-state index contributed by atoms with van der Waals surface area (Å²) in [5.41, 5.74) is 1.05. The van der Waals surface area contributed by atoms with E-state index in [1.165, 1.54) is 31.5 Å². The van der Waals surface area contributed by atoms with Gasteiger partial charge in [0.1, 0.15) is 11.5 Å². The monoisotopic (exact) mass is 305 g/mol. The summed E-state index contributed by atoms with van der Waals surface area (Å²) in [7, 11) is 0. The van der Waals surface area contributed by atoms with E-state index in [0.29, 0.717) is 16.9 Å². The molecule has 18 heavy (non-hydrogen) atoms. The van der Waals surface area contributed by atoms with E-state index in [1.807, 2.05) is 6.20 Å². The molecule has 0 radical (unpaired) electrons. The van der Waals surface area contributed by atoms with Gasteiger partial charge in [-0.25, -0.2) is 4.98 Å². The molecule has 0 amide bonds. The molecule has 2 aliphatic rings. The van der Waals surface area contributed by atoms with Gasteiger partial charge in [-0.3, -0.25) is 4.40 Å². The van der Waals surface area contributed by atoms with Crippen molar-refractivity contribution < 1.29 is 0 Å². The van der Waals surface area contributed by atoms with Gasteiger partial charge in [-0.2, -0.15) is 0 Å². The topological polar surface area (TPSA) is 20.5 Å². The summed E-state index contributed by atoms with van der Waals surface area (Å²) in [6.45, 7) is 0. The van der Waals surface area contributed by atoms with Gasteiger partial charge in [0.25, 0.3) is 0 Å². The Kier molecular flexibility index (Phi) is 2.40. The first-order valence-corrected chi connectivity index (χ1v) is 7.59. The highest BCUT2D eigenvalue weighted by Crippen LogP contribution is 2.41. The molecule has 2 aliphatic heterocycles.